The van der Waals surface area contributed by atoms with E-state index in [0.717, 1.165) is 15.2 Å². The number of nitrogens with zero attached hydrogens (tertiary/aromatic N) is 1. The van der Waals surface area contributed by atoms with Gasteiger partial charge in [-0.25, -0.2) is 4.98 Å². The van der Waals surface area contributed by atoms with Crippen LogP contribution in [0.2, 0.25) is 10.0 Å². The van der Waals surface area contributed by atoms with E-state index in [2.05, 4.69) is 34.8 Å². The van der Waals surface area contributed by atoms with Gasteiger partial charge in [-0.3, -0.25) is 0 Å². The third-order valence-corrected chi connectivity index (χ3v) is 4.69. The largest absolute Gasteiger partial charge is 0.229 e. The summed E-state index contributed by atoms with van der Waals surface area (Å²) in [6.07, 6.45) is 0. The van der Waals surface area contributed by atoms with Gasteiger partial charge in [0.05, 0.1) is 10.7 Å². The molecule has 1 aromatic heterocycles. The van der Waals surface area contributed by atoms with Crippen LogP contribution in [0.15, 0.2) is 22.1 Å². The first kappa shape index (κ1) is 17.0. The van der Waals surface area contributed by atoms with Crippen molar-refractivity contribution in [2.45, 2.75) is 33.6 Å². The molecular formula is C14H16BrCl2NS. The molecule has 0 spiro atoms. The molecule has 19 heavy (non-hydrogen) atoms. The summed E-state index contributed by atoms with van der Waals surface area (Å²) >= 11 is 17.2. The number of aromatic nitrogens is 1. The normalized spacial score (nSPS) is 10.3. The second kappa shape index (κ2) is 7.63. The predicted octanol–water partition coefficient (Wildman–Crippen LogP) is 7.03. The van der Waals surface area contributed by atoms with Gasteiger partial charge in [-0.2, -0.15) is 0 Å². The van der Waals surface area contributed by atoms with Gasteiger partial charge in [-0.15, -0.1) is 11.3 Å². The topological polar surface area (TPSA) is 12.9 Å². The van der Waals surface area contributed by atoms with E-state index in [9.17, 15) is 0 Å². The van der Waals surface area contributed by atoms with Gasteiger partial charge in [-0.05, 0) is 40.0 Å². The Hall–Kier alpha value is -0.0900. The number of rotatable bonds is 2. The lowest BCUT2D eigenvalue weighted by molar-refractivity contribution is 0.888. The average Bonchev–Trinajstić information content (AvgIpc) is 2.74. The van der Waals surface area contributed by atoms with Crippen molar-refractivity contribution < 1.29 is 0 Å². The van der Waals surface area contributed by atoms with Gasteiger partial charge >= 0.3 is 0 Å². The van der Waals surface area contributed by atoms with Crippen molar-refractivity contribution in [2.75, 3.05) is 0 Å². The van der Waals surface area contributed by atoms with Gasteiger partial charge < -0.3 is 0 Å². The summed E-state index contributed by atoms with van der Waals surface area (Å²) < 4.78 is 0.877. The maximum Gasteiger partial charge on any atom is 0.160 e. The average molecular weight is 381 g/mol. The zero-order valence-corrected chi connectivity index (χ0v) is 15.2. The molecule has 0 radical (unpaired) electrons. The first-order valence-electron chi connectivity index (χ1n) is 6.10. The van der Waals surface area contributed by atoms with Crippen LogP contribution in [0.25, 0.3) is 11.3 Å². The minimum absolute atomic E-state index is 0.417. The molecule has 0 fully saturated rings. The molecule has 2 rings (SSSR count). The summed E-state index contributed by atoms with van der Waals surface area (Å²) in [5.41, 5.74) is 1.88. The molecule has 0 aliphatic carbocycles. The number of benzene rings is 1. The number of hydrogen-bond acceptors (Lipinski definition) is 2. The maximum absolute atomic E-state index is 6.21. The van der Waals surface area contributed by atoms with Crippen LogP contribution < -0.4 is 0 Å². The van der Waals surface area contributed by atoms with E-state index in [1.54, 1.807) is 17.4 Å². The first-order valence-corrected chi connectivity index (χ1v) is 8.47. The number of hydrogen-bond donors (Lipinski definition) is 0. The molecule has 1 heterocycles. The van der Waals surface area contributed by atoms with Crippen LogP contribution in [0.3, 0.4) is 0 Å². The van der Waals surface area contributed by atoms with Crippen LogP contribution in [-0.4, -0.2) is 4.98 Å². The van der Waals surface area contributed by atoms with E-state index >= 15 is 0 Å². The molecule has 1 aromatic carbocycles. The fourth-order valence-electron chi connectivity index (χ4n) is 1.57. The fourth-order valence-corrected chi connectivity index (χ4v) is 3.58. The number of halogens is 3. The third kappa shape index (κ3) is 4.19. The Morgan fingerprint density at radius 3 is 2.37 bits per heavy atom. The van der Waals surface area contributed by atoms with Crippen LogP contribution in [0.4, 0.5) is 0 Å². The Bertz CT molecular complexity index is 552. The van der Waals surface area contributed by atoms with Crippen molar-refractivity contribution in [3.05, 3.63) is 37.0 Å². The van der Waals surface area contributed by atoms with Crippen LogP contribution in [0.5, 0.6) is 0 Å². The van der Waals surface area contributed by atoms with E-state index < -0.39 is 0 Å². The van der Waals surface area contributed by atoms with Gasteiger partial charge in [-0.1, -0.05) is 50.9 Å². The Kier molecular flexibility index (Phi) is 6.81. The number of thiazole rings is 1. The second-order valence-corrected chi connectivity index (χ2v) is 7.11. The standard InChI is InChI=1S/C12H10BrCl2NS.C2H6/c1-6(2)11-10(16-12(13)17-11)8-4-3-7(14)5-9(8)15;1-2/h3-6H,1-2H3;1-2H3. The molecule has 0 saturated heterocycles. The summed E-state index contributed by atoms with van der Waals surface area (Å²) in [7, 11) is 0. The molecule has 0 atom stereocenters. The van der Waals surface area contributed by atoms with Crippen LogP contribution in [0.1, 0.15) is 38.5 Å². The highest BCUT2D eigenvalue weighted by Crippen LogP contribution is 2.39. The lowest BCUT2D eigenvalue weighted by Crippen LogP contribution is -1.89. The molecule has 5 heteroatoms. The van der Waals surface area contributed by atoms with Gasteiger partial charge in [0.25, 0.3) is 0 Å². The van der Waals surface area contributed by atoms with E-state index in [0.29, 0.717) is 16.0 Å². The SMILES string of the molecule is CC.CC(C)c1sc(Br)nc1-c1ccc(Cl)cc1Cl. The lowest BCUT2D eigenvalue weighted by Gasteiger charge is -2.07. The van der Waals surface area contributed by atoms with Crippen molar-refractivity contribution in [2.24, 2.45) is 0 Å². The smallest absolute Gasteiger partial charge is 0.160 e. The molecule has 0 N–H and O–H groups in total. The zero-order valence-electron chi connectivity index (χ0n) is 11.3. The third-order valence-electron chi connectivity index (χ3n) is 2.34. The second-order valence-electron chi connectivity index (χ2n) is 3.96. The Balaban J connectivity index is 0.000000861. The predicted molar refractivity (Wildman–Crippen MR) is 90.7 cm³/mol. The molecule has 0 amide bonds. The van der Waals surface area contributed by atoms with Crippen molar-refractivity contribution in [3.8, 4) is 11.3 Å². The summed E-state index contributed by atoms with van der Waals surface area (Å²) in [5, 5.41) is 1.27. The highest BCUT2D eigenvalue weighted by Gasteiger charge is 2.17. The van der Waals surface area contributed by atoms with Crippen molar-refractivity contribution >= 4 is 50.5 Å². The van der Waals surface area contributed by atoms with Crippen LogP contribution in [-0.2, 0) is 0 Å². The summed E-state index contributed by atoms with van der Waals surface area (Å²) in [6.45, 7) is 8.29. The summed E-state index contributed by atoms with van der Waals surface area (Å²) in [6, 6.07) is 5.49. The molecule has 0 bridgehead atoms. The Morgan fingerprint density at radius 2 is 1.84 bits per heavy atom. The van der Waals surface area contributed by atoms with Gasteiger partial charge in [0.15, 0.2) is 3.92 Å². The highest BCUT2D eigenvalue weighted by atomic mass is 79.9. The maximum atomic E-state index is 6.21. The minimum atomic E-state index is 0.417. The highest BCUT2D eigenvalue weighted by molar-refractivity contribution is 9.11. The van der Waals surface area contributed by atoms with E-state index in [4.69, 9.17) is 23.2 Å². The van der Waals surface area contributed by atoms with Crippen molar-refractivity contribution in [3.63, 3.8) is 0 Å². The van der Waals surface area contributed by atoms with E-state index in [1.165, 1.54) is 4.88 Å². The molecule has 0 aliphatic heterocycles. The summed E-state index contributed by atoms with van der Waals surface area (Å²) in [5.74, 6) is 0.417. The molecule has 104 valence electrons. The van der Waals surface area contributed by atoms with Gasteiger partial charge in [0, 0.05) is 15.5 Å². The van der Waals surface area contributed by atoms with Crippen molar-refractivity contribution in [1.29, 1.82) is 0 Å². The van der Waals surface area contributed by atoms with Crippen LogP contribution >= 0.6 is 50.5 Å². The lowest BCUT2D eigenvalue weighted by atomic mass is 10.1. The molecule has 0 aliphatic rings. The van der Waals surface area contributed by atoms with E-state index in [1.807, 2.05) is 26.0 Å². The van der Waals surface area contributed by atoms with Crippen molar-refractivity contribution in [1.82, 2.24) is 4.98 Å². The molecule has 0 unspecified atom stereocenters. The monoisotopic (exact) mass is 379 g/mol. The Labute approximate surface area is 137 Å². The first-order chi connectivity index (χ1) is 8.99. The fraction of sp³-hybridized carbons (Fsp3) is 0.357. The molecule has 1 nitrogen and oxygen atoms in total. The zero-order chi connectivity index (χ0) is 14.6. The quantitative estimate of drug-likeness (QED) is 0.544. The Morgan fingerprint density at radius 1 is 1.21 bits per heavy atom. The minimum Gasteiger partial charge on any atom is -0.229 e. The molecule has 0 saturated carbocycles. The van der Waals surface area contributed by atoms with Gasteiger partial charge in [0.1, 0.15) is 0 Å². The van der Waals surface area contributed by atoms with E-state index in [-0.39, 0.29) is 0 Å². The molecular weight excluding hydrogens is 365 g/mol. The summed E-state index contributed by atoms with van der Waals surface area (Å²) in [4.78, 5) is 5.72. The molecule has 2 aromatic rings. The van der Waals surface area contributed by atoms with Crippen LogP contribution in [0, 0.1) is 0 Å². The van der Waals surface area contributed by atoms with Gasteiger partial charge in [0.2, 0.25) is 0 Å².